The minimum atomic E-state index is -0.644. The SMILES string of the molecule is CC(C)Oc1ccc(CCCC2(C3CCCC3)CC(O)=C(Sc3nccs3)C(=O)O2)cc1Cl. The molecule has 1 aromatic carbocycles. The van der Waals surface area contributed by atoms with E-state index in [0.717, 1.165) is 48.4 Å². The summed E-state index contributed by atoms with van der Waals surface area (Å²) in [6, 6.07) is 5.91. The lowest BCUT2D eigenvalue weighted by molar-refractivity contribution is -0.166. The predicted octanol–water partition coefficient (Wildman–Crippen LogP) is 7.34. The maximum atomic E-state index is 13.0. The molecule has 1 fully saturated rings. The molecule has 4 rings (SSSR count). The summed E-state index contributed by atoms with van der Waals surface area (Å²) >= 11 is 9.04. The molecule has 5 nitrogen and oxygen atoms in total. The van der Waals surface area contributed by atoms with Crippen molar-refractivity contribution in [2.24, 2.45) is 5.92 Å². The number of ether oxygens (including phenoxy) is 2. The average Bonchev–Trinajstić information content (AvgIpc) is 3.47. The van der Waals surface area contributed by atoms with Crippen LogP contribution in [0.1, 0.15) is 64.4 Å². The highest BCUT2D eigenvalue weighted by molar-refractivity contribution is 8.05. The van der Waals surface area contributed by atoms with Crippen LogP contribution in [0.2, 0.25) is 5.02 Å². The number of cyclic esters (lactones) is 1. The molecule has 178 valence electrons. The first kappa shape index (κ1) is 24.4. The number of carbonyl (C=O) groups is 1. The number of rotatable bonds is 9. The summed E-state index contributed by atoms with van der Waals surface area (Å²) in [6.07, 6.45) is 8.85. The number of halogens is 1. The zero-order valence-electron chi connectivity index (χ0n) is 19.0. The molecular weight excluding hydrogens is 478 g/mol. The van der Waals surface area contributed by atoms with Gasteiger partial charge in [0.1, 0.15) is 22.0 Å². The Bertz CT molecular complexity index is 1000. The predicted molar refractivity (Wildman–Crippen MR) is 133 cm³/mol. The minimum Gasteiger partial charge on any atom is -0.511 e. The molecule has 33 heavy (non-hydrogen) atoms. The van der Waals surface area contributed by atoms with Crippen LogP contribution in [0.3, 0.4) is 0 Å². The standard InChI is InChI=1S/C25H30ClNO4S2/c1-16(2)30-21-10-9-17(14-19(21)26)6-5-11-25(18-7-3-4-8-18)15-20(28)22(23(29)31-25)33-24-27-12-13-32-24/h9-10,12-14,16,18,28H,3-8,11,15H2,1-2H3. The zero-order chi connectivity index (χ0) is 23.4. The van der Waals surface area contributed by atoms with E-state index in [1.807, 2.05) is 37.4 Å². The number of carbonyl (C=O) groups excluding carboxylic acids is 1. The number of nitrogens with zero attached hydrogens (tertiary/aromatic N) is 1. The highest BCUT2D eigenvalue weighted by Crippen LogP contribution is 2.48. The quantitative estimate of drug-likeness (QED) is 0.358. The molecule has 0 bridgehead atoms. The Morgan fingerprint density at radius 2 is 2.15 bits per heavy atom. The third kappa shape index (κ3) is 5.87. The number of aromatic nitrogens is 1. The van der Waals surface area contributed by atoms with Gasteiger partial charge in [-0.15, -0.1) is 11.3 Å². The molecule has 2 aromatic rings. The maximum Gasteiger partial charge on any atom is 0.349 e. The Kier molecular flexibility index (Phi) is 7.92. The van der Waals surface area contributed by atoms with Crippen LogP contribution in [0.5, 0.6) is 5.75 Å². The van der Waals surface area contributed by atoms with E-state index in [1.54, 1.807) is 6.20 Å². The van der Waals surface area contributed by atoms with E-state index in [4.69, 9.17) is 21.1 Å². The molecule has 0 spiro atoms. The topological polar surface area (TPSA) is 68.7 Å². The molecule has 1 N–H and O–H groups in total. The van der Waals surface area contributed by atoms with Gasteiger partial charge in [0.05, 0.1) is 11.1 Å². The van der Waals surface area contributed by atoms with Crippen LogP contribution in [-0.2, 0) is 16.0 Å². The summed E-state index contributed by atoms with van der Waals surface area (Å²) in [5.41, 5.74) is 0.481. The first-order valence-electron chi connectivity index (χ1n) is 11.5. The van der Waals surface area contributed by atoms with E-state index < -0.39 is 11.6 Å². The minimum absolute atomic E-state index is 0.0694. The van der Waals surface area contributed by atoms with Gasteiger partial charge in [-0.25, -0.2) is 9.78 Å². The Morgan fingerprint density at radius 3 is 2.79 bits per heavy atom. The summed E-state index contributed by atoms with van der Waals surface area (Å²) < 4.78 is 12.6. The fourth-order valence-corrected chi connectivity index (χ4v) is 6.68. The van der Waals surface area contributed by atoms with Gasteiger partial charge in [-0.05, 0) is 81.3 Å². The summed E-state index contributed by atoms with van der Waals surface area (Å²) in [5, 5.41) is 13.4. The van der Waals surface area contributed by atoms with Gasteiger partial charge in [-0.3, -0.25) is 0 Å². The molecule has 1 saturated carbocycles. The summed E-state index contributed by atoms with van der Waals surface area (Å²) in [7, 11) is 0. The van der Waals surface area contributed by atoms with Gasteiger partial charge < -0.3 is 14.6 Å². The number of aliphatic hydroxyl groups excluding tert-OH is 1. The molecule has 8 heteroatoms. The first-order chi connectivity index (χ1) is 15.9. The van der Waals surface area contributed by atoms with Gasteiger partial charge >= 0.3 is 5.97 Å². The van der Waals surface area contributed by atoms with Crippen molar-refractivity contribution in [1.29, 1.82) is 0 Å². The number of benzene rings is 1. The molecule has 0 amide bonds. The highest BCUT2D eigenvalue weighted by atomic mass is 35.5. The third-order valence-electron chi connectivity index (χ3n) is 6.33. The molecule has 2 heterocycles. The Hall–Kier alpha value is -1.70. The maximum absolute atomic E-state index is 13.0. The molecule has 1 unspecified atom stereocenters. The number of aryl methyl sites for hydroxylation is 1. The van der Waals surface area contributed by atoms with Gasteiger partial charge in [-0.2, -0.15) is 0 Å². The molecule has 1 aromatic heterocycles. The second-order valence-corrected chi connectivity index (χ2v) is 11.6. The molecule has 1 aliphatic heterocycles. The van der Waals surface area contributed by atoms with Crippen LogP contribution in [0.4, 0.5) is 0 Å². The zero-order valence-corrected chi connectivity index (χ0v) is 21.4. The monoisotopic (exact) mass is 507 g/mol. The third-order valence-corrected chi connectivity index (χ3v) is 8.62. The van der Waals surface area contributed by atoms with E-state index in [2.05, 4.69) is 4.98 Å². The average molecular weight is 508 g/mol. The van der Waals surface area contributed by atoms with Crippen LogP contribution < -0.4 is 4.74 Å². The lowest BCUT2D eigenvalue weighted by Gasteiger charge is -2.41. The van der Waals surface area contributed by atoms with E-state index in [1.165, 1.54) is 23.1 Å². The molecular formula is C25H30ClNO4S2. The van der Waals surface area contributed by atoms with E-state index >= 15 is 0 Å². The van der Waals surface area contributed by atoms with Crippen LogP contribution in [-0.4, -0.2) is 27.8 Å². The van der Waals surface area contributed by atoms with Crippen molar-refractivity contribution in [2.75, 3.05) is 0 Å². The van der Waals surface area contributed by atoms with Gasteiger partial charge in [0.15, 0.2) is 4.34 Å². The fourth-order valence-electron chi connectivity index (χ4n) is 4.86. The van der Waals surface area contributed by atoms with Crippen LogP contribution in [0, 0.1) is 5.92 Å². The van der Waals surface area contributed by atoms with Gasteiger partial charge in [-0.1, -0.05) is 30.5 Å². The molecule has 1 atom stereocenters. The fraction of sp³-hybridized carbons (Fsp3) is 0.520. The van der Waals surface area contributed by atoms with Crippen molar-refractivity contribution in [3.63, 3.8) is 0 Å². The largest absolute Gasteiger partial charge is 0.511 e. The van der Waals surface area contributed by atoms with Gasteiger partial charge in [0, 0.05) is 18.0 Å². The number of hydrogen-bond donors (Lipinski definition) is 1. The summed E-state index contributed by atoms with van der Waals surface area (Å²) in [6.45, 7) is 3.95. The molecule has 1 aliphatic carbocycles. The Morgan fingerprint density at radius 1 is 1.36 bits per heavy atom. The van der Waals surface area contributed by atoms with Crippen molar-refractivity contribution in [3.05, 3.63) is 51.0 Å². The normalized spacial score (nSPS) is 21.6. The summed E-state index contributed by atoms with van der Waals surface area (Å²) in [4.78, 5) is 17.5. The molecule has 2 aliphatic rings. The van der Waals surface area contributed by atoms with E-state index in [0.29, 0.717) is 23.6 Å². The number of esters is 1. The molecule has 0 saturated heterocycles. The van der Waals surface area contributed by atoms with Crippen molar-refractivity contribution in [3.8, 4) is 5.75 Å². The number of thioether (sulfide) groups is 1. The van der Waals surface area contributed by atoms with E-state index in [-0.39, 0.29) is 22.7 Å². The van der Waals surface area contributed by atoms with Crippen molar-refractivity contribution in [1.82, 2.24) is 4.98 Å². The summed E-state index contributed by atoms with van der Waals surface area (Å²) in [5.74, 6) is 0.681. The van der Waals surface area contributed by atoms with Crippen LogP contribution >= 0.6 is 34.7 Å². The highest BCUT2D eigenvalue weighted by Gasteiger charge is 2.48. The van der Waals surface area contributed by atoms with Gasteiger partial charge in [0.25, 0.3) is 0 Å². The number of hydrogen-bond acceptors (Lipinski definition) is 7. The lowest BCUT2D eigenvalue weighted by Crippen LogP contribution is -2.45. The number of thiazole rings is 1. The smallest absolute Gasteiger partial charge is 0.349 e. The van der Waals surface area contributed by atoms with Crippen molar-refractivity contribution < 1.29 is 19.4 Å². The van der Waals surface area contributed by atoms with Crippen LogP contribution in [0.25, 0.3) is 0 Å². The second kappa shape index (κ2) is 10.7. The van der Waals surface area contributed by atoms with E-state index in [9.17, 15) is 9.90 Å². The molecule has 0 radical (unpaired) electrons. The Labute approximate surface area is 208 Å². The van der Waals surface area contributed by atoms with Crippen molar-refractivity contribution in [2.45, 2.75) is 81.3 Å². The lowest BCUT2D eigenvalue weighted by atomic mass is 9.77. The van der Waals surface area contributed by atoms with Gasteiger partial charge in [0.2, 0.25) is 0 Å². The second-order valence-electron chi connectivity index (χ2n) is 9.07. The Balaban J connectivity index is 1.46. The first-order valence-corrected chi connectivity index (χ1v) is 13.6. The number of aliphatic hydroxyl groups is 1. The van der Waals surface area contributed by atoms with Crippen molar-refractivity contribution >= 4 is 40.7 Å². The van der Waals surface area contributed by atoms with Crippen LogP contribution in [0.15, 0.2) is 44.8 Å².